The van der Waals surface area contributed by atoms with Crippen molar-refractivity contribution >= 4 is 21.9 Å². The van der Waals surface area contributed by atoms with E-state index in [0.29, 0.717) is 29.3 Å². The lowest BCUT2D eigenvalue weighted by Crippen LogP contribution is -2.34. The minimum atomic E-state index is -0.300. The molecular weight excluding hydrogens is 435 g/mol. The van der Waals surface area contributed by atoms with Crippen LogP contribution in [0.2, 0.25) is 0 Å². The summed E-state index contributed by atoms with van der Waals surface area (Å²) in [4.78, 5) is 14.4. The molecule has 1 saturated heterocycles. The summed E-state index contributed by atoms with van der Waals surface area (Å²) in [7, 11) is 0. The molecule has 178 valence electrons. The van der Waals surface area contributed by atoms with Crippen molar-refractivity contribution in [2.24, 2.45) is 0 Å². The van der Waals surface area contributed by atoms with Crippen LogP contribution in [0, 0.1) is 19.7 Å². The number of likely N-dealkylation sites (tertiary alicyclic amines) is 1. The predicted octanol–water partition coefficient (Wildman–Crippen LogP) is 5.73. The summed E-state index contributed by atoms with van der Waals surface area (Å²) in [6.45, 7) is 7.41. The maximum absolute atomic E-state index is 13.4. The smallest absolute Gasteiger partial charge is 0.339 e. The van der Waals surface area contributed by atoms with E-state index >= 15 is 0 Å². The molecule has 7 heteroatoms. The molecule has 6 nitrogen and oxygen atoms in total. The van der Waals surface area contributed by atoms with Gasteiger partial charge in [-0.15, -0.1) is 0 Å². The summed E-state index contributed by atoms with van der Waals surface area (Å²) < 4.78 is 30.1. The molecule has 0 saturated carbocycles. The first-order valence-electron chi connectivity index (χ1n) is 11.9. The van der Waals surface area contributed by atoms with Gasteiger partial charge in [-0.3, -0.25) is 0 Å². The molecule has 1 fully saturated rings. The van der Waals surface area contributed by atoms with Crippen LogP contribution in [0.25, 0.3) is 21.9 Å². The fraction of sp³-hybridized carbons (Fsp3) is 0.407. The Morgan fingerprint density at radius 1 is 1.03 bits per heavy atom. The van der Waals surface area contributed by atoms with Gasteiger partial charge in [0.15, 0.2) is 5.58 Å². The highest BCUT2D eigenvalue weighted by Crippen LogP contribution is 2.33. The van der Waals surface area contributed by atoms with Crippen molar-refractivity contribution in [3.8, 4) is 5.75 Å². The van der Waals surface area contributed by atoms with E-state index in [1.54, 1.807) is 19.1 Å². The molecule has 34 heavy (non-hydrogen) atoms. The average Bonchev–Trinajstić information content (AvgIpc) is 3.25. The van der Waals surface area contributed by atoms with E-state index in [4.69, 9.17) is 13.7 Å². The maximum Gasteiger partial charge on any atom is 0.339 e. The highest BCUT2D eigenvalue weighted by atomic mass is 19.1. The number of hydrogen-bond donors (Lipinski definition) is 0. The van der Waals surface area contributed by atoms with Gasteiger partial charge in [0.2, 0.25) is 0 Å². The average molecular weight is 465 g/mol. The minimum absolute atomic E-state index is 0.295. The molecule has 1 aliphatic heterocycles. The van der Waals surface area contributed by atoms with Gasteiger partial charge in [0.05, 0.1) is 12.3 Å². The van der Waals surface area contributed by atoms with Gasteiger partial charge >= 0.3 is 5.63 Å². The molecular formula is C27H29FN2O4. The summed E-state index contributed by atoms with van der Waals surface area (Å²) in [5.74, 6) is 0.775. The van der Waals surface area contributed by atoms with Crippen LogP contribution >= 0.6 is 0 Å². The molecule has 0 unspecified atom stereocenters. The second kappa shape index (κ2) is 9.58. The second-order valence-corrected chi connectivity index (χ2v) is 9.18. The predicted molar refractivity (Wildman–Crippen MR) is 129 cm³/mol. The number of hydrogen-bond acceptors (Lipinski definition) is 6. The Morgan fingerprint density at radius 2 is 1.82 bits per heavy atom. The van der Waals surface area contributed by atoms with Gasteiger partial charge in [0.25, 0.3) is 0 Å². The largest absolute Gasteiger partial charge is 0.493 e. The van der Waals surface area contributed by atoms with Crippen LogP contribution in [0.3, 0.4) is 0 Å². The lowest BCUT2D eigenvalue weighted by molar-refractivity contribution is 0.199. The van der Waals surface area contributed by atoms with Crippen molar-refractivity contribution in [3.63, 3.8) is 0 Å². The molecule has 4 aromatic rings. The number of rotatable bonds is 7. The van der Waals surface area contributed by atoms with Crippen LogP contribution in [-0.2, 0) is 0 Å². The number of benzene rings is 2. The third kappa shape index (κ3) is 4.57. The SMILES string of the molecule is Cc1c(C)c2ccc(OCCCCN3CCC(c4noc5cc(F)ccc45)CC3)cc2oc1=O. The maximum atomic E-state index is 13.4. The van der Waals surface area contributed by atoms with E-state index < -0.39 is 0 Å². The van der Waals surface area contributed by atoms with Crippen LogP contribution in [0.1, 0.15) is 48.4 Å². The summed E-state index contributed by atoms with van der Waals surface area (Å²) in [5.41, 5.74) is 3.35. The lowest BCUT2D eigenvalue weighted by Gasteiger charge is -2.31. The molecule has 0 radical (unpaired) electrons. The molecule has 5 rings (SSSR count). The first-order chi connectivity index (χ1) is 16.5. The molecule has 0 amide bonds. The second-order valence-electron chi connectivity index (χ2n) is 9.18. The van der Waals surface area contributed by atoms with Gasteiger partial charge in [0.1, 0.15) is 17.1 Å². The molecule has 0 aliphatic carbocycles. The molecule has 2 aromatic heterocycles. The number of piperidine rings is 1. The zero-order chi connectivity index (χ0) is 23.7. The van der Waals surface area contributed by atoms with E-state index in [-0.39, 0.29) is 11.4 Å². The van der Waals surface area contributed by atoms with Gasteiger partial charge < -0.3 is 18.6 Å². The monoisotopic (exact) mass is 464 g/mol. The zero-order valence-corrected chi connectivity index (χ0v) is 19.6. The van der Waals surface area contributed by atoms with E-state index in [2.05, 4.69) is 10.1 Å². The Bertz CT molecular complexity index is 1370. The van der Waals surface area contributed by atoms with Crippen molar-refractivity contribution < 1.29 is 18.1 Å². The zero-order valence-electron chi connectivity index (χ0n) is 19.6. The van der Waals surface area contributed by atoms with Crippen LogP contribution < -0.4 is 10.4 Å². The Morgan fingerprint density at radius 3 is 2.65 bits per heavy atom. The summed E-state index contributed by atoms with van der Waals surface area (Å²) in [6.07, 6.45) is 4.06. The molecule has 3 heterocycles. The fourth-order valence-electron chi connectivity index (χ4n) is 4.80. The minimum Gasteiger partial charge on any atom is -0.493 e. The van der Waals surface area contributed by atoms with Gasteiger partial charge in [-0.2, -0.15) is 0 Å². The molecule has 0 spiro atoms. The van der Waals surface area contributed by atoms with Crippen LogP contribution in [0.5, 0.6) is 5.75 Å². The molecule has 2 aromatic carbocycles. The number of halogens is 1. The fourth-order valence-corrected chi connectivity index (χ4v) is 4.80. The van der Waals surface area contributed by atoms with Gasteiger partial charge in [-0.1, -0.05) is 5.16 Å². The Hall–Kier alpha value is -3.19. The quantitative estimate of drug-likeness (QED) is 0.257. The van der Waals surface area contributed by atoms with E-state index in [9.17, 15) is 9.18 Å². The number of aryl methyl sites for hydroxylation is 1. The normalized spacial score (nSPS) is 15.4. The Balaban J connectivity index is 1.07. The van der Waals surface area contributed by atoms with E-state index in [0.717, 1.165) is 73.1 Å². The Labute approximate surface area is 197 Å². The van der Waals surface area contributed by atoms with Crippen molar-refractivity contribution in [1.82, 2.24) is 10.1 Å². The lowest BCUT2D eigenvalue weighted by atomic mass is 9.91. The molecule has 0 bridgehead atoms. The van der Waals surface area contributed by atoms with Gasteiger partial charge in [-0.25, -0.2) is 9.18 Å². The Kier molecular flexibility index (Phi) is 6.37. The number of ether oxygens (including phenoxy) is 1. The molecule has 0 N–H and O–H groups in total. The van der Waals surface area contributed by atoms with E-state index in [1.165, 1.54) is 12.1 Å². The third-order valence-corrected chi connectivity index (χ3v) is 7.00. The molecule has 0 atom stereocenters. The molecule has 1 aliphatic rings. The van der Waals surface area contributed by atoms with Crippen LogP contribution in [0.4, 0.5) is 4.39 Å². The van der Waals surface area contributed by atoms with Crippen LogP contribution in [0.15, 0.2) is 50.1 Å². The number of unbranched alkanes of at least 4 members (excludes halogenated alkanes) is 1. The highest BCUT2D eigenvalue weighted by Gasteiger charge is 2.25. The van der Waals surface area contributed by atoms with Crippen molar-refractivity contribution in [2.45, 2.75) is 45.4 Å². The van der Waals surface area contributed by atoms with Crippen molar-refractivity contribution in [2.75, 3.05) is 26.2 Å². The first-order valence-corrected chi connectivity index (χ1v) is 11.9. The number of nitrogens with zero attached hydrogens (tertiary/aromatic N) is 2. The van der Waals surface area contributed by atoms with Crippen LogP contribution in [-0.4, -0.2) is 36.3 Å². The van der Waals surface area contributed by atoms with Gasteiger partial charge in [-0.05, 0) is 89.0 Å². The third-order valence-electron chi connectivity index (χ3n) is 7.00. The number of aromatic nitrogens is 1. The van der Waals surface area contributed by atoms with E-state index in [1.807, 2.05) is 19.1 Å². The first kappa shape index (κ1) is 22.6. The topological polar surface area (TPSA) is 68.7 Å². The summed E-state index contributed by atoms with van der Waals surface area (Å²) in [5, 5.41) is 6.10. The van der Waals surface area contributed by atoms with Crippen molar-refractivity contribution in [1.29, 1.82) is 0 Å². The van der Waals surface area contributed by atoms with Crippen molar-refractivity contribution in [3.05, 3.63) is 69.5 Å². The number of fused-ring (bicyclic) bond motifs is 2. The highest BCUT2D eigenvalue weighted by molar-refractivity contribution is 5.82. The summed E-state index contributed by atoms with van der Waals surface area (Å²) in [6, 6.07) is 10.3. The summed E-state index contributed by atoms with van der Waals surface area (Å²) >= 11 is 0. The standard InChI is InChI=1S/C27H29FN2O4/c1-17-18(2)27(31)33-24-16-21(6-8-22(17)24)32-14-4-3-11-30-12-9-19(10-13-30)26-23-7-5-20(28)15-25(23)34-29-26/h5-8,15-16,19H,3-4,9-14H2,1-2H3. The van der Waals surface area contributed by atoms with Gasteiger partial charge in [0, 0.05) is 34.4 Å².